The van der Waals surface area contributed by atoms with Crippen molar-refractivity contribution >= 4 is 37.2 Å². The highest BCUT2D eigenvalue weighted by Crippen LogP contribution is 2.31. The Kier molecular flexibility index (Phi) is 6.26. The molecule has 0 aliphatic rings. The molecule has 0 saturated carbocycles. The maximum Gasteiger partial charge on any atom is 0.341 e. The number of carboxylic acid groups (broad SMARTS) is 1. The Morgan fingerprint density at radius 2 is 1.85 bits per heavy atom. The first-order chi connectivity index (χ1) is 12.5. The second kappa shape index (κ2) is 7.93. The summed E-state index contributed by atoms with van der Waals surface area (Å²) in [6.07, 6.45) is 0. The SMILES string of the molecule is CCn1c(C)c(C#C[Si](C)(C)C)c(=O)c(C(=O)O)c1-c1ccc(Cl)c(Cl)c1. The van der Waals surface area contributed by atoms with Gasteiger partial charge in [0.25, 0.3) is 0 Å². The van der Waals surface area contributed by atoms with Gasteiger partial charge in [-0.05, 0) is 26.0 Å². The van der Waals surface area contributed by atoms with E-state index in [1.54, 1.807) is 29.7 Å². The van der Waals surface area contributed by atoms with Gasteiger partial charge in [0.15, 0.2) is 0 Å². The Bertz CT molecular complexity index is 1040. The van der Waals surface area contributed by atoms with Gasteiger partial charge in [-0.1, -0.05) is 54.8 Å². The molecule has 0 aliphatic carbocycles. The Morgan fingerprint density at radius 3 is 2.33 bits per heavy atom. The van der Waals surface area contributed by atoms with Gasteiger partial charge in [-0.25, -0.2) is 4.79 Å². The molecule has 1 aromatic carbocycles. The topological polar surface area (TPSA) is 59.3 Å². The highest BCUT2D eigenvalue weighted by Gasteiger charge is 2.24. The van der Waals surface area contributed by atoms with Crippen molar-refractivity contribution in [3.8, 4) is 22.7 Å². The Balaban J connectivity index is 2.97. The molecule has 0 amide bonds. The van der Waals surface area contributed by atoms with Crippen LogP contribution in [0.25, 0.3) is 11.3 Å². The van der Waals surface area contributed by atoms with Crippen LogP contribution >= 0.6 is 23.2 Å². The van der Waals surface area contributed by atoms with E-state index in [1.165, 1.54) is 0 Å². The highest BCUT2D eigenvalue weighted by molar-refractivity contribution is 6.83. The van der Waals surface area contributed by atoms with Gasteiger partial charge in [-0.15, -0.1) is 5.54 Å². The Hall–Kier alpha value is -2.00. The molecule has 4 nitrogen and oxygen atoms in total. The van der Waals surface area contributed by atoms with Crippen LogP contribution in [0.2, 0.25) is 29.7 Å². The summed E-state index contributed by atoms with van der Waals surface area (Å²) in [7, 11) is -1.74. The quantitative estimate of drug-likeness (QED) is 0.555. The van der Waals surface area contributed by atoms with Crippen molar-refractivity contribution in [2.75, 3.05) is 0 Å². The molecule has 1 aromatic heterocycles. The molecular weight excluding hydrogens is 401 g/mol. The first-order valence-electron chi connectivity index (χ1n) is 8.47. The summed E-state index contributed by atoms with van der Waals surface area (Å²) in [6, 6.07) is 4.82. The van der Waals surface area contributed by atoms with Crippen LogP contribution in [0.15, 0.2) is 23.0 Å². The van der Waals surface area contributed by atoms with Gasteiger partial charge in [0.2, 0.25) is 5.43 Å². The third-order valence-corrected chi connectivity index (χ3v) is 5.63. The van der Waals surface area contributed by atoms with Gasteiger partial charge in [0.1, 0.15) is 13.6 Å². The fraction of sp³-hybridized carbons (Fsp3) is 0.300. The van der Waals surface area contributed by atoms with Crippen LogP contribution < -0.4 is 5.43 Å². The zero-order valence-corrected chi connectivity index (χ0v) is 18.4. The van der Waals surface area contributed by atoms with E-state index < -0.39 is 19.5 Å². The third-order valence-electron chi connectivity index (χ3n) is 4.01. The number of aromatic nitrogens is 1. The predicted octanol–water partition coefficient (Wildman–Crippen LogP) is 5.08. The molecule has 2 aromatic rings. The summed E-state index contributed by atoms with van der Waals surface area (Å²) in [6.45, 7) is 10.3. The van der Waals surface area contributed by atoms with Crippen LogP contribution in [0.5, 0.6) is 0 Å². The molecule has 27 heavy (non-hydrogen) atoms. The lowest BCUT2D eigenvalue weighted by Gasteiger charge is -2.19. The number of rotatable bonds is 3. The summed E-state index contributed by atoms with van der Waals surface area (Å²) in [5.41, 5.74) is 3.99. The van der Waals surface area contributed by atoms with Crippen LogP contribution in [-0.4, -0.2) is 23.7 Å². The van der Waals surface area contributed by atoms with E-state index >= 15 is 0 Å². The zero-order chi connectivity index (χ0) is 20.5. The fourth-order valence-electron chi connectivity index (χ4n) is 2.77. The molecule has 0 unspecified atom stereocenters. The number of nitrogens with zero attached hydrogens (tertiary/aromatic N) is 1. The largest absolute Gasteiger partial charge is 0.477 e. The van der Waals surface area contributed by atoms with Crippen molar-refractivity contribution in [3.63, 3.8) is 0 Å². The molecule has 1 N–H and O–H groups in total. The molecule has 0 saturated heterocycles. The van der Waals surface area contributed by atoms with Crippen LogP contribution in [0.3, 0.4) is 0 Å². The molecule has 0 atom stereocenters. The lowest BCUT2D eigenvalue weighted by Crippen LogP contribution is -2.26. The number of carboxylic acids is 1. The smallest absolute Gasteiger partial charge is 0.341 e. The number of halogens is 2. The van der Waals surface area contributed by atoms with Crippen molar-refractivity contribution < 1.29 is 9.90 Å². The maximum absolute atomic E-state index is 13.0. The van der Waals surface area contributed by atoms with Gasteiger partial charge in [-0.3, -0.25) is 4.79 Å². The Morgan fingerprint density at radius 1 is 1.22 bits per heavy atom. The molecule has 7 heteroatoms. The van der Waals surface area contributed by atoms with E-state index in [1.807, 2.05) is 6.92 Å². The number of hydrogen-bond acceptors (Lipinski definition) is 2. The summed E-state index contributed by atoms with van der Waals surface area (Å²) in [5, 5.41) is 10.4. The first-order valence-corrected chi connectivity index (χ1v) is 12.7. The van der Waals surface area contributed by atoms with Gasteiger partial charge in [-0.2, -0.15) is 0 Å². The number of pyridine rings is 1. The zero-order valence-electron chi connectivity index (χ0n) is 15.9. The van der Waals surface area contributed by atoms with Gasteiger partial charge in [0, 0.05) is 17.8 Å². The predicted molar refractivity (Wildman–Crippen MR) is 114 cm³/mol. The Labute approximate surface area is 169 Å². The lowest BCUT2D eigenvalue weighted by atomic mass is 10.0. The number of benzene rings is 1. The second-order valence-corrected chi connectivity index (χ2v) is 12.8. The van der Waals surface area contributed by atoms with Crippen LogP contribution in [0.4, 0.5) is 0 Å². The summed E-state index contributed by atoms with van der Waals surface area (Å²) >= 11 is 12.1. The molecule has 1 heterocycles. The van der Waals surface area contributed by atoms with Gasteiger partial charge < -0.3 is 9.67 Å². The second-order valence-electron chi connectivity index (χ2n) is 7.19. The number of carbonyl (C=O) groups is 1. The van der Waals surface area contributed by atoms with Crippen molar-refractivity contribution in [3.05, 3.63) is 55.3 Å². The van der Waals surface area contributed by atoms with Crippen molar-refractivity contribution in [1.82, 2.24) is 4.57 Å². The summed E-state index contributed by atoms with van der Waals surface area (Å²) < 4.78 is 1.79. The van der Waals surface area contributed by atoms with Crippen molar-refractivity contribution in [2.24, 2.45) is 0 Å². The lowest BCUT2D eigenvalue weighted by molar-refractivity contribution is 0.0695. The minimum atomic E-state index is -1.74. The minimum Gasteiger partial charge on any atom is -0.477 e. The molecule has 0 fully saturated rings. The molecule has 0 aliphatic heterocycles. The van der Waals surface area contributed by atoms with Crippen LogP contribution in [0, 0.1) is 18.4 Å². The van der Waals surface area contributed by atoms with Crippen LogP contribution in [0.1, 0.15) is 28.5 Å². The number of hydrogen-bond donors (Lipinski definition) is 1. The maximum atomic E-state index is 13.0. The highest BCUT2D eigenvalue weighted by atomic mass is 35.5. The molecule has 0 spiro atoms. The average molecular weight is 422 g/mol. The van der Waals surface area contributed by atoms with Crippen molar-refractivity contribution in [1.29, 1.82) is 0 Å². The standard InChI is InChI=1S/C20H21Cl2NO3Si/c1-6-23-12(2)14(9-10-27(3,4)5)19(24)17(20(25)26)18(23)13-7-8-15(21)16(22)11-13/h7-8,11H,6H2,1-5H3,(H,25,26). The molecule has 0 bridgehead atoms. The number of aromatic carboxylic acids is 1. The van der Waals surface area contributed by atoms with Gasteiger partial charge in [0.05, 0.1) is 21.3 Å². The molecular formula is C20H21Cl2NO3Si. The van der Waals surface area contributed by atoms with Gasteiger partial charge >= 0.3 is 5.97 Å². The fourth-order valence-corrected chi connectivity index (χ4v) is 3.57. The van der Waals surface area contributed by atoms with Crippen molar-refractivity contribution in [2.45, 2.75) is 40.0 Å². The van der Waals surface area contributed by atoms with E-state index in [0.29, 0.717) is 33.5 Å². The normalized spacial score (nSPS) is 11.1. The average Bonchev–Trinajstić information content (AvgIpc) is 2.55. The van der Waals surface area contributed by atoms with Crippen LogP contribution in [-0.2, 0) is 6.54 Å². The summed E-state index contributed by atoms with van der Waals surface area (Å²) in [5.74, 6) is 1.67. The van der Waals surface area contributed by atoms with E-state index in [2.05, 4.69) is 31.1 Å². The third kappa shape index (κ3) is 4.46. The molecule has 2 rings (SSSR count). The van der Waals surface area contributed by atoms with E-state index in [4.69, 9.17) is 23.2 Å². The molecule has 0 radical (unpaired) electrons. The summed E-state index contributed by atoms with van der Waals surface area (Å²) in [4.78, 5) is 25.0. The van der Waals surface area contributed by atoms with E-state index in [9.17, 15) is 14.7 Å². The van der Waals surface area contributed by atoms with E-state index in [-0.39, 0.29) is 11.1 Å². The minimum absolute atomic E-state index is 0.237. The first kappa shape index (κ1) is 21.3. The molecule has 142 valence electrons. The van der Waals surface area contributed by atoms with E-state index in [0.717, 1.165) is 0 Å². The monoisotopic (exact) mass is 421 g/mol.